The molecule has 0 atom stereocenters. The molecule has 3 nitrogen and oxygen atoms in total. The zero-order valence-corrected chi connectivity index (χ0v) is 10.3. The van der Waals surface area contributed by atoms with Crippen molar-refractivity contribution in [2.24, 2.45) is 5.41 Å². The van der Waals surface area contributed by atoms with Crippen molar-refractivity contribution in [2.45, 2.75) is 26.6 Å². The molecule has 1 aromatic carbocycles. The zero-order valence-electron chi connectivity index (χ0n) is 10.3. The fourth-order valence-corrected chi connectivity index (χ4v) is 1.74. The summed E-state index contributed by atoms with van der Waals surface area (Å²) in [4.78, 5) is 11.9. The number of carbonyl (C=O) groups is 1. The quantitative estimate of drug-likeness (QED) is 0.754. The summed E-state index contributed by atoms with van der Waals surface area (Å²) in [5.41, 5.74) is 0.760. The third kappa shape index (κ3) is 3.38. The van der Waals surface area contributed by atoms with E-state index >= 15 is 0 Å². The van der Waals surface area contributed by atoms with Crippen LogP contribution < -0.4 is 0 Å². The second-order valence-corrected chi connectivity index (χ2v) is 5.21. The largest absolute Gasteiger partial charge is 0.352 e. The first-order chi connectivity index (χ1) is 8.07. The lowest BCUT2D eigenvalue weighted by molar-refractivity contribution is -0.218. The lowest BCUT2D eigenvalue weighted by Gasteiger charge is -2.34. The summed E-state index contributed by atoms with van der Waals surface area (Å²) in [5, 5.41) is 0. The highest BCUT2D eigenvalue weighted by Crippen LogP contribution is 2.24. The normalized spacial score (nSPS) is 20.1. The highest BCUT2D eigenvalue weighted by molar-refractivity contribution is 5.96. The van der Waals surface area contributed by atoms with Crippen molar-refractivity contribution in [2.75, 3.05) is 13.2 Å². The van der Waals surface area contributed by atoms with Crippen LogP contribution in [0.25, 0.3) is 0 Å². The van der Waals surface area contributed by atoms with E-state index in [1.54, 1.807) is 0 Å². The zero-order chi connectivity index (χ0) is 12.3. The van der Waals surface area contributed by atoms with E-state index in [9.17, 15) is 4.79 Å². The SMILES string of the molecule is CC1(C)COC(CC(=O)c2ccccc2)OC1. The van der Waals surface area contributed by atoms with E-state index in [4.69, 9.17) is 9.47 Å². The van der Waals surface area contributed by atoms with Crippen LogP contribution in [0.15, 0.2) is 30.3 Å². The molecule has 1 aromatic rings. The summed E-state index contributed by atoms with van der Waals surface area (Å²) >= 11 is 0. The molecule has 92 valence electrons. The number of carbonyl (C=O) groups excluding carboxylic acids is 1. The van der Waals surface area contributed by atoms with Crippen molar-refractivity contribution in [3.63, 3.8) is 0 Å². The van der Waals surface area contributed by atoms with Crippen LogP contribution >= 0.6 is 0 Å². The molecule has 1 aliphatic heterocycles. The van der Waals surface area contributed by atoms with Crippen molar-refractivity contribution in [3.05, 3.63) is 35.9 Å². The van der Waals surface area contributed by atoms with Gasteiger partial charge in [-0.15, -0.1) is 0 Å². The molecule has 0 aliphatic carbocycles. The van der Waals surface area contributed by atoms with E-state index in [0.29, 0.717) is 25.2 Å². The Labute approximate surface area is 102 Å². The van der Waals surface area contributed by atoms with Gasteiger partial charge in [0, 0.05) is 11.0 Å². The number of hydrogen-bond acceptors (Lipinski definition) is 3. The second kappa shape index (κ2) is 4.98. The van der Waals surface area contributed by atoms with Crippen molar-refractivity contribution in [1.82, 2.24) is 0 Å². The van der Waals surface area contributed by atoms with Crippen LogP contribution in [0.4, 0.5) is 0 Å². The summed E-state index contributed by atoms with van der Waals surface area (Å²) in [6.07, 6.45) is -0.101. The van der Waals surface area contributed by atoms with Crippen molar-refractivity contribution in [3.8, 4) is 0 Å². The number of hydrogen-bond donors (Lipinski definition) is 0. The third-order valence-electron chi connectivity index (χ3n) is 2.77. The van der Waals surface area contributed by atoms with Gasteiger partial charge in [-0.2, -0.15) is 0 Å². The molecule has 1 heterocycles. The van der Waals surface area contributed by atoms with Gasteiger partial charge in [-0.3, -0.25) is 4.79 Å². The number of benzene rings is 1. The molecule has 1 saturated heterocycles. The van der Waals surface area contributed by atoms with Gasteiger partial charge in [-0.25, -0.2) is 0 Å². The van der Waals surface area contributed by atoms with Gasteiger partial charge in [0.25, 0.3) is 0 Å². The predicted octanol–water partition coefficient (Wildman–Crippen LogP) is 2.66. The van der Waals surface area contributed by atoms with Crippen LogP contribution in [0.2, 0.25) is 0 Å². The Balaban J connectivity index is 1.89. The van der Waals surface area contributed by atoms with E-state index in [2.05, 4.69) is 13.8 Å². The van der Waals surface area contributed by atoms with Gasteiger partial charge in [-0.05, 0) is 0 Å². The molecule has 0 bridgehead atoms. The lowest BCUT2D eigenvalue weighted by atomic mass is 9.95. The van der Waals surface area contributed by atoms with Crippen molar-refractivity contribution < 1.29 is 14.3 Å². The standard InChI is InChI=1S/C14H18O3/c1-14(2)9-16-13(17-10-14)8-12(15)11-6-4-3-5-7-11/h3-7,13H,8-10H2,1-2H3. The summed E-state index contributed by atoms with van der Waals surface area (Å²) in [6.45, 7) is 5.45. The molecule has 0 spiro atoms. The fourth-order valence-electron chi connectivity index (χ4n) is 1.74. The van der Waals surface area contributed by atoms with Gasteiger partial charge in [0.15, 0.2) is 12.1 Å². The first-order valence-electron chi connectivity index (χ1n) is 5.88. The average Bonchev–Trinajstić information content (AvgIpc) is 2.33. The van der Waals surface area contributed by atoms with Gasteiger partial charge < -0.3 is 9.47 Å². The van der Waals surface area contributed by atoms with Crippen molar-refractivity contribution >= 4 is 5.78 Å². The van der Waals surface area contributed by atoms with Gasteiger partial charge in [0.1, 0.15) is 0 Å². The monoisotopic (exact) mass is 234 g/mol. The molecule has 0 saturated carbocycles. The Hall–Kier alpha value is -1.19. The molecule has 17 heavy (non-hydrogen) atoms. The Bertz CT molecular complexity index is 374. The van der Waals surface area contributed by atoms with Gasteiger partial charge in [0.2, 0.25) is 0 Å². The number of rotatable bonds is 3. The highest BCUT2D eigenvalue weighted by atomic mass is 16.7. The number of ketones is 1. The minimum absolute atomic E-state index is 0.0479. The van der Waals surface area contributed by atoms with Crippen LogP contribution in [0.5, 0.6) is 0 Å². The topological polar surface area (TPSA) is 35.5 Å². The maximum Gasteiger partial charge on any atom is 0.167 e. The highest BCUT2D eigenvalue weighted by Gasteiger charge is 2.29. The first-order valence-corrected chi connectivity index (χ1v) is 5.88. The molecule has 0 radical (unpaired) electrons. The van der Waals surface area contributed by atoms with Crippen LogP contribution in [-0.2, 0) is 9.47 Å². The second-order valence-electron chi connectivity index (χ2n) is 5.21. The maximum absolute atomic E-state index is 11.9. The van der Waals surface area contributed by atoms with E-state index < -0.39 is 6.29 Å². The molecule has 2 rings (SSSR count). The summed E-state index contributed by atoms with van der Waals surface area (Å²) in [5.74, 6) is 0.0651. The van der Waals surface area contributed by atoms with Crippen LogP contribution in [0.3, 0.4) is 0 Å². The number of ether oxygens (including phenoxy) is 2. The summed E-state index contributed by atoms with van der Waals surface area (Å²) in [7, 11) is 0. The van der Waals surface area contributed by atoms with Crippen LogP contribution in [0.1, 0.15) is 30.6 Å². The van der Waals surface area contributed by atoms with Crippen molar-refractivity contribution in [1.29, 1.82) is 0 Å². The van der Waals surface area contributed by atoms with Crippen LogP contribution in [0, 0.1) is 5.41 Å². The molecule has 1 aliphatic rings. The molecule has 0 N–H and O–H groups in total. The minimum atomic E-state index is -0.393. The Morgan fingerprint density at radius 2 is 1.82 bits per heavy atom. The fraction of sp³-hybridized carbons (Fsp3) is 0.500. The van der Waals surface area contributed by atoms with Gasteiger partial charge in [-0.1, -0.05) is 44.2 Å². The molecule has 1 fully saturated rings. The third-order valence-corrected chi connectivity index (χ3v) is 2.77. The molecular weight excluding hydrogens is 216 g/mol. The maximum atomic E-state index is 11.9. The Kier molecular flexibility index (Phi) is 3.60. The average molecular weight is 234 g/mol. The van der Waals surface area contributed by atoms with E-state index in [-0.39, 0.29) is 11.2 Å². The molecular formula is C14H18O3. The molecule has 3 heteroatoms. The first kappa shape index (κ1) is 12.3. The predicted molar refractivity (Wildman–Crippen MR) is 64.9 cm³/mol. The van der Waals surface area contributed by atoms with Crippen LogP contribution in [-0.4, -0.2) is 25.3 Å². The van der Waals surface area contributed by atoms with E-state index in [0.717, 1.165) is 0 Å². The molecule has 0 unspecified atom stereocenters. The summed E-state index contributed by atoms with van der Waals surface area (Å²) in [6, 6.07) is 9.25. The minimum Gasteiger partial charge on any atom is -0.352 e. The molecule has 0 amide bonds. The van der Waals surface area contributed by atoms with E-state index in [1.165, 1.54) is 0 Å². The van der Waals surface area contributed by atoms with E-state index in [1.807, 2.05) is 30.3 Å². The summed E-state index contributed by atoms with van der Waals surface area (Å²) < 4.78 is 11.1. The Morgan fingerprint density at radius 3 is 2.41 bits per heavy atom. The molecule has 0 aromatic heterocycles. The van der Waals surface area contributed by atoms with Gasteiger partial charge in [0.05, 0.1) is 19.6 Å². The lowest BCUT2D eigenvalue weighted by Crippen LogP contribution is -2.38. The smallest absolute Gasteiger partial charge is 0.167 e. The number of Topliss-reactive ketones (excluding diaryl/α,β-unsaturated/α-hetero) is 1. The van der Waals surface area contributed by atoms with Gasteiger partial charge >= 0.3 is 0 Å². The Morgan fingerprint density at radius 1 is 1.24 bits per heavy atom.